The van der Waals surface area contributed by atoms with Gasteiger partial charge in [0.2, 0.25) is 5.95 Å². The van der Waals surface area contributed by atoms with Crippen molar-refractivity contribution < 1.29 is 0 Å². The molecule has 1 saturated carbocycles. The van der Waals surface area contributed by atoms with Crippen LogP contribution in [0.25, 0.3) is 0 Å². The molecule has 1 aliphatic carbocycles. The number of rotatable bonds is 1. The van der Waals surface area contributed by atoms with Crippen LogP contribution in [0.5, 0.6) is 0 Å². The van der Waals surface area contributed by atoms with Crippen molar-refractivity contribution in [2.24, 2.45) is 5.41 Å². The molecule has 1 aromatic rings. The molecule has 1 aromatic heterocycles. The highest BCUT2D eigenvalue weighted by molar-refractivity contribution is 5.34. The molecule has 2 fully saturated rings. The van der Waals surface area contributed by atoms with Crippen LogP contribution >= 0.6 is 0 Å². The van der Waals surface area contributed by atoms with Gasteiger partial charge in [0.1, 0.15) is 0 Å². The monoisotopic (exact) mass is 189 g/mol. The van der Waals surface area contributed by atoms with Gasteiger partial charge in [-0.2, -0.15) is 0 Å². The van der Waals surface area contributed by atoms with Crippen LogP contribution in [-0.4, -0.2) is 23.1 Å². The minimum atomic E-state index is 0.660. The van der Waals surface area contributed by atoms with Crippen molar-refractivity contribution in [3.05, 3.63) is 18.0 Å². The lowest BCUT2D eigenvalue weighted by atomic mass is 10.1. The van der Waals surface area contributed by atoms with Gasteiger partial charge in [-0.05, 0) is 37.7 Å². The minimum absolute atomic E-state index is 0.660. The summed E-state index contributed by atoms with van der Waals surface area (Å²) >= 11 is 0. The fourth-order valence-electron chi connectivity index (χ4n) is 2.28. The van der Waals surface area contributed by atoms with E-state index in [-0.39, 0.29) is 0 Å². The molecule has 0 amide bonds. The number of aromatic nitrogens is 2. The molecular weight excluding hydrogens is 174 g/mol. The van der Waals surface area contributed by atoms with Gasteiger partial charge >= 0.3 is 0 Å². The molecule has 2 heterocycles. The Morgan fingerprint density at radius 2 is 2.21 bits per heavy atom. The van der Waals surface area contributed by atoms with Gasteiger partial charge in [-0.25, -0.2) is 9.97 Å². The van der Waals surface area contributed by atoms with Gasteiger partial charge in [0.15, 0.2) is 0 Å². The quantitative estimate of drug-likeness (QED) is 0.674. The molecule has 2 aliphatic rings. The van der Waals surface area contributed by atoms with Gasteiger partial charge in [0.05, 0.1) is 0 Å². The van der Waals surface area contributed by atoms with E-state index in [2.05, 4.69) is 14.9 Å². The van der Waals surface area contributed by atoms with Crippen molar-refractivity contribution in [3.8, 4) is 0 Å². The molecule has 0 radical (unpaired) electrons. The molecule has 1 aliphatic heterocycles. The Kier molecular flexibility index (Phi) is 1.58. The van der Waals surface area contributed by atoms with Gasteiger partial charge in [-0.15, -0.1) is 0 Å². The van der Waals surface area contributed by atoms with Crippen LogP contribution in [-0.2, 0) is 0 Å². The molecule has 3 rings (SSSR count). The lowest BCUT2D eigenvalue weighted by molar-refractivity contribution is 0.580. The normalized spacial score (nSPS) is 23.1. The first-order chi connectivity index (χ1) is 6.77. The second kappa shape index (κ2) is 2.69. The number of nitrogens with zero attached hydrogens (tertiary/aromatic N) is 3. The lowest BCUT2D eigenvalue weighted by Crippen LogP contribution is -2.22. The van der Waals surface area contributed by atoms with Crippen molar-refractivity contribution in [2.45, 2.75) is 26.2 Å². The number of aryl methyl sites for hydroxylation is 1. The van der Waals surface area contributed by atoms with Crippen LogP contribution in [0, 0.1) is 12.3 Å². The highest BCUT2D eigenvalue weighted by Crippen LogP contribution is 2.52. The van der Waals surface area contributed by atoms with E-state index < -0.39 is 0 Å². The first kappa shape index (κ1) is 8.21. The number of anilines is 1. The average Bonchev–Trinajstić information content (AvgIpc) is 2.76. The average molecular weight is 189 g/mol. The largest absolute Gasteiger partial charge is 0.340 e. The maximum Gasteiger partial charge on any atom is 0.225 e. The predicted octanol–water partition coefficient (Wildman–Crippen LogP) is 1.78. The summed E-state index contributed by atoms with van der Waals surface area (Å²) in [6.45, 7) is 4.34. The fourth-order valence-corrected chi connectivity index (χ4v) is 2.28. The molecule has 0 N–H and O–H groups in total. The van der Waals surface area contributed by atoms with E-state index in [1.165, 1.54) is 25.8 Å². The van der Waals surface area contributed by atoms with Crippen LogP contribution in [0.1, 0.15) is 25.0 Å². The molecule has 1 saturated heterocycles. The van der Waals surface area contributed by atoms with Crippen LogP contribution in [0.15, 0.2) is 12.3 Å². The van der Waals surface area contributed by atoms with Crippen molar-refractivity contribution in [1.29, 1.82) is 0 Å². The Morgan fingerprint density at radius 3 is 2.86 bits per heavy atom. The highest BCUT2D eigenvalue weighted by Gasteiger charge is 2.48. The molecule has 3 heteroatoms. The van der Waals surface area contributed by atoms with Gasteiger partial charge in [0, 0.05) is 25.0 Å². The lowest BCUT2D eigenvalue weighted by Gasteiger charge is -2.15. The summed E-state index contributed by atoms with van der Waals surface area (Å²) in [5.41, 5.74) is 1.72. The Morgan fingerprint density at radius 1 is 1.36 bits per heavy atom. The maximum atomic E-state index is 4.46. The molecule has 3 nitrogen and oxygen atoms in total. The summed E-state index contributed by atoms with van der Waals surface area (Å²) in [4.78, 5) is 11.1. The molecule has 0 bridgehead atoms. The summed E-state index contributed by atoms with van der Waals surface area (Å²) < 4.78 is 0. The second-order valence-corrected chi connectivity index (χ2v) is 4.67. The van der Waals surface area contributed by atoms with Crippen LogP contribution in [0.3, 0.4) is 0 Å². The molecule has 74 valence electrons. The smallest absolute Gasteiger partial charge is 0.225 e. The Bertz CT molecular complexity index is 357. The topological polar surface area (TPSA) is 29.0 Å². The Hall–Kier alpha value is -1.12. The van der Waals surface area contributed by atoms with Gasteiger partial charge in [-0.1, -0.05) is 0 Å². The van der Waals surface area contributed by atoms with E-state index in [0.29, 0.717) is 5.41 Å². The van der Waals surface area contributed by atoms with Crippen LogP contribution in [0.2, 0.25) is 0 Å². The molecule has 14 heavy (non-hydrogen) atoms. The van der Waals surface area contributed by atoms with Crippen molar-refractivity contribution in [3.63, 3.8) is 0 Å². The molecule has 0 atom stereocenters. The number of hydrogen-bond donors (Lipinski definition) is 0. The van der Waals surface area contributed by atoms with Crippen molar-refractivity contribution >= 4 is 5.95 Å². The molecule has 1 spiro atoms. The van der Waals surface area contributed by atoms with Gasteiger partial charge < -0.3 is 4.90 Å². The van der Waals surface area contributed by atoms with Gasteiger partial charge in [0.25, 0.3) is 0 Å². The van der Waals surface area contributed by atoms with E-state index in [1.807, 2.05) is 19.2 Å². The summed E-state index contributed by atoms with van der Waals surface area (Å²) in [7, 11) is 0. The second-order valence-electron chi connectivity index (χ2n) is 4.67. The zero-order chi connectivity index (χ0) is 9.60. The van der Waals surface area contributed by atoms with Crippen molar-refractivity contribution in [1.82, 2.24) is 9.97 Å². The molecule has 0 unspecified atom stereocenters. The zero-order valence-corrected chi connectivity index (χ0v) is 8.53. The fraction of sp³-hybridized carbons (Fsp3) is 0.636. The third-order valence-corrected chi connectivity index (χ3v) is 3.46. The van der Waals surface area contributed by atoms with Crippen LogP contribution < -0.4 is 4.90 Å². The van der Waals surface area contributed by atoms with E-state index >= 15 is 0 Å². The molecular formula is C11H15N3. The summed E-state index contributed by atoms with van der Waals surface area (Å²) in [5, 5.41) is 0. The summed E-state index contributed by atoms with van der Waals surface area (Å²) in [6, 6.07) is 1.95. The predicted molar refractivity (Wildman–Crippen MR) is 55.3 cm³/mol. The third kappa shape index (κ3) is 1.27. The first-order valence-electron chi connectivity index (χ1n) is 5.32. The zero-order valence-electron chi connectivity index (χ0n) is 8.53. The summed E-state index contributed by atoms with van der Waals surface area (Å²) in [5.74, 6) is 0.925. The maximum absolute atomic E-state index is 4.46. The number of hydrogen-bond acceptors (Lipinski definition) is 3. The van der Waals surface area contributed by atoms with E-state index in [0.717, 1.165) is 18.2 Å². The van der Waals surface area contributed by atoms with Crippen LogP contribution in [0.4, 0.5) is 5.95 Å². The Labute approximate surface area is 84.2 Å². The standard InChI is InChI=1S/C11H15N3/c1-9-2-6-12-10(13-9)14-7-5-11(8-14)3-4-11/h2,6H,3-5,7-8H2,1H3. The minimum Gasteiger partial charge on any atom is -0.340 e. The first-order valence-corrected chi connectivity index (χ1v) is 5.32. The SMILES string of the molecule is Cc1ccnc(N2CCC3(CC3)C2)n1. The van der Waals surface area contributed by atoms with E-state index in [1.54, 1.807) is 0 Å². The third-order valence-electron chi connectivity index (χ3n) is 3.46. The van der Waals surface area contributed by atoms with E-state index in [9.17, 15) is 0 Å². The highest BCUT2D eigenvalue weighted by atomic mass is 15.3. The van der Waals surface area contributed by atoms with E-state index in [4.69, 9.17) is 0 Å². The molecule has 0 aromatic carbocycles. The Balaban J connectivity index is 1.82. The van der Waals surface area contributed by atoms with Crippen molar-refractivity contribution in [2.75, 3.05) is 18.0 Å². The van der Waals surface area contributed by atoms with Gasteiger partial charge in [-0.3, -0.25) is 0 Å². The summed E-state index contributed by atoms with van der Waals surface area (Å²) in [6.07, 6.45) is 6.02.